The second-order valence-corrected chi connectivity index (χ2v) is 7.84. The van der Waals surface area contributed by atoms with Gasteiger partial charge in [-0.1, -0.05) is 12.1 Å². The molecule has 0 bridgehead atoms. The third-order valence-electron chi connectivity index (χ3n) is 5.45. The average molecular weight is 521 g/mol. The highest BCUT2D eigenvalue weighted by molar-refractivity contribution is 6.04. The molecular formula is C25H17F6N3O3. The third-order valence-corrected chi connectivity index (χ3v) is 5.45. The number of benzene rings is 3. The first-order valence-corrected chi connectivity index (χ1v) is 10.5. The molecular weight excluding hydrogens is 504 g/mol. The quantitative estimate of drug-likeness (QED) is 0.234. The van der Waals surface area contributed by atoms with E-state index in [1.54, 1.807) is 0 Å². The minimum absolute atomic E-state index is 0.101. The fourth-order valence-electron chi connectivity index (χ4n) is 3.76. The van der Waals surface area contributed by atoms with Crippen molar-refractivity contribution in [3.05, 3.63) is 89.0 Å². The highest BCUT2D eigenvalue weighted by atomic mass is 19.4. The van der Waals surface area contributed by atoms with Gasteiger partial charge in [0.15, 0.2) is 11.5 Å². The van der Waals surface area contributed by atoms with Gasteiger partial charge in [0.1, 0.15) is 23.2 Å². The summed E-state index contributed by atoms with van der Waals surface area (Å²) in [5, 5.41) is 12.9. The number of aromatic nitrogens is 2. The highest BCUT2D eigenvalue weighted by Gasteiger charge is 2.31. The Balaban J connectivity index is 1.78. The van der Waals surface area contributed by atoms with Crippen LogP contribution in [0.25, 0.3) is 22.5 Å². The van der Waals surface area contributed by atoms with Crippen molar-refractivity contribution in [3.63, 3.8) is 0 Å². The monoisotopic (exact) mass is 521 g/mol. The Morgan fingerprint density at radius 2 is 1.62 bits per heavy atom. The van der Waals surface area contributed by atoms with E-state index in [1.807, 2.05) is 0 Å². The van der Waals surface area contributed by atoms with E-state index in [4.69, 9.17) is 4.74 Å². The molecule has 0 unspecified atom stereocenters. The van der Waals surface area contributed by atoms with E-state index in [1.165, 1.54) is 20.1 Å². The fraction of sp³-hybridized carbons (Fsp3) is 0.120. The van der Waals surface area contributed by atoms with Crippen LogP contribution in [-0.4, -0.2) is 27.9 Å². The summed E-state index contributed by atoms with van der Waals surface area (Å²) in [5.41, 5.74) is -2.96. The van der Waals surface area contributed by atoms with Crippen LogP contribution in [0.15, 0.2) is 54.6 Å². The lowest BCUT2D eigenvalue weighted by molar-refractivity contribution is -0.137. The van der Waals surface area contributed by atoms with Gasteiger partial charge in [-0.05, 0) is 43.3 Å². The van der Waals surface area contributed by atoms with Crippen LogP contribution < -0.4 is 10.1 Å². The second-order valence-electron chi connectivity index (χ2n) is 7.84. The summed E-state index contributed by atoms with van der Waals surface area (Å²) in [6.07, 6.45) is -4.65. The minimum atomic E-state index is -4.65. The first kappa shape index (κ1) is 25.6. The summed E-state index contributed by atoms with van der Waals surface area (Å²) in [4.78, 5) is 16.8. The number of rotatable bonds is 5. The Morgan fingerprint density at radius 1 is 0.973 bits per heavy atom. The van der Waals surface area contributed by atoms with Crippen molar-refractivity contribution in [2.24, 2.45) is 0 Å². The summed E-state index contributed by atoms with van der Waals surface area (Å²) in [6.45, 7) is 1.30. The number of carbonyl (C=O) groups excluding carboxylic acids is 1. The summed E-state index contributed by atoms with van der Waals surface area (Å²) in [5.74, 6) is -4.65. The molecule has 0 saturated heterocycles. The normalized spacial score (nSPS) is 11.5. The van der Waals surface area contributed by atoms with Gasteiger partial charge < -0.3 is 15.3 Å². The van der Waals surface area contributed by atoms with E-state index in [-0.39, 0.29) is 27.4 Å². The molecule has 4 rings (SSSR count). The molecule has 2 N–H and O–H groups in total. The molecule has 37 heavy (non-hydrogen) atoms. The Labute approximate surface area is 205 Å². The lowest BCUT2D eigenvalue weighted by atomic mass is 10.00. The first-order chi connectivity index (χ1) is 17.4. The number of alkyl halides is 3. The van der Waals surface area contributed by atoms with Gasteiger partial charge in [-0.3, -0.25) is 4.79 Å². The van der Waals surface area contributed by atoms with Crippen molar-refractivity contribution in [3.8, 4) is 28.3 Å². The van der Waals surface area contributed by atoms with E-state index < -0.39 is 57.7 Å². The van der Waals surface area contributed by atoms with Crippen molar-refractivity contribution in [1.29, 1.82) is 0 Å². The van der Waals surface area contributed by atoms with E-state index in [0.29, 0.717) is 6.07 Å². The second kappa shape index (κ2) is 9.52. The molecule has 0 atom stereocenters. The molecule has 0 aliphatic heterocycles. The lowest BCUT2D eigenvalue weighted by Crippen LogP contribution is -2.18. The summed E-state index contributed by atoms with van der Waals surface area (Å²) >= 11 is 0. The number of methoxy groups -OCH3 is 1. The number of nitrogens with zero attached hydrogens (tertiary/aromatic N) is 2. The van der Waals surface area contributed by atoms with Crippen LogP contribution in [0.3, 0.4) is 0 Å². The standard InChI is InChI=1S/C25H17F6N3O3/c1-12-22(24(35)33-14-6-3-5-13(9-14)25(29,30)31)34(36)23(32-12)15-10-16(20(37-2)11-19(15)28)21-17(26)7-4-8-18(21)27/h3-11,36H,1-2H3,(H,33,35). The molecule has 0 fully saturated rings. The van der Waals surface area contributed by atoms with Crippen LogP contribution in [0, 0.1) is 24.4 Å². The Bertz CT molecular complexity index is 1490. The van der Waals surface area contributed by atoms with E-state index in [0.717, 1.165) is 42.5 Å². The summed E-state index contributed by atoms with van der Waals surface area (Å²) in [6, 6.07) is 8.78. The fourth-order valence-corrected chi connectivity index (χ4v) is 3.76. The Morgan fingerprint density at radius 3 is 2.24 bits per heavy atom. The molecule has 0 aliphatic rings. The number of ether oxygens (including phenoxy) is 1. The average Bonchev–Trinajstić information content (AvgIpc) is 3.12. The van der Waals surface area contributed by atoms with Crippen LogP contribution in [-0.2, 0) is 6.18 Å². The van der Waals surface area contributed by atoms with Gasteiger partial charge in [0.25, 0.3) is 5.91 Å². The van der Waals surface area contributed by atoms with Gasteiger partial charge >= 0.3 is 6.18 Å². The van der Waals surface area contributed by atoms with Crippen molar-refractivity contribution >= 4 is 11.6 Å². The number of hydrogen-bond acceptors (Lipinski definition) is 4. The van der Waals surface area contributed by atoms with Gasteiger partial charge in [-0.15, -0.1) is 0 Å². The molecule has 12 heteroatoms. The predicted molar refractivity (Wildman–Crippen MR) is 121 cm³/mol. The first-order valence-electron chi connectivity index (χ1n) is 10.5. The third kappa shape index (κ3) is 4.82. The van der Waals surface area contributed by atoms with Crippen LogP contribution in [0.5, 0.6) is 5.75 Å². The molecule has 1 amide bonds. The SMILES string of the molecule is COc1cc(F)c(-c2nc(C)c(C(=O)Nc3cccc(C(F)(F)F)c3)n2O)cc1-c1c(F)cccc1F. The zero-order chi connectivity index (χ0) is 27.1. The summed E-state index contributed by atoms with van der Waals surface area (Å²) in [7, 11) is 1.17. The van der Waals surface area contributed by atoms with Crippen molar-refractivity contribution in [2.75, 3.05) is 12.4 Å². The molecule has 6 nitrogen and oxygen atoms in total. The number of amides is 1. The number of carbonyl (C=O) groups is 1. The molecule has 0 saturated carbocycles. The number of halogens is 6. The van der Waals surface area contributed by atoms with Crippen molar-refractivity contribution in [1.82, 2.24) is 9.71 Å². The van der Waals surface area contributed by atoms with Gasteiger partial charge in [0.05, 0.1) is 29.5 Å². The number of aryl methyl sites for hydroxylation is 1. The van der Waals surface area contributed by atoms with Gasteiger partial charge in [0.2, 0.25) is 0 Å². The van der Waals surface area contributed by atoms with E-state index >= 15 is 4.39 Å². The number of anilines is 1. The summed E-state index contributed by atoms with van der Waals surface area (Å²) < 4.78 is 88.2. The van der Waals surface area contributed by atoms with E-state index in [2.05, 4.69) is 10.3 Å². The van der Waals surface area contributed by atoms with Crippen molar-refractivity contribution < 1.29 is 41.1 Å². The van der Waals surface area contributed by atoms with Crippen LogP contribution >= 0.6 is 0 Å². The molecule has 1 aromatic heterocycles. The molecule has 3 aromatic carbocycles. The zero-order valence-corrected chi connectivity index (χ0v) is 19.1. The number of hydrogen-bond donors (Lipinski definition) is 2. The number of imidazole rings is 1. The van der Waals surface area contributed by atoms with Crippen molar-refractivity contribution in [2.45, 2.75) is 13.1 Å². The molecule has 0 radical (unpaired) electrons. The highest BCUT2D eigenvalue weighted by Crippen LogP contribution is 2.39. The molecule has 4 aromatic rings. The van der Waals surface area contributed by atoms with E-state index in [9.17, 15) is 32.0 Å². The largest absolute Gasteiger partial charge is 0.496 e. The smallest absolute Gasteiger partial charge is 0.416 e. The Kier molecular flexibility index (Phi) is 6.59. The van der Waals surface area contributed by atoms with Gasteiger partial charge in [-0.2, -0.15) is 17.9 Å². The number of nitrogens with one attached hydrogen (secondary N) is 1. The van der Waals surface area contributed by atoms with Crippen LogP contribution in [0.1, 0.15) is 21.7 Å². The Hall–Kier alpha value is -4.48. The maximum Gasteiger partial charge on any atom is 0.416 e. The minimum Gasteiger partial charge on any atom is -0.496 e. The molecule has 192 valence electrons. The van der Waals surface area contributed by atoms with Crippen LogP contribution in [0.4, 0.5) is 32.0 Å². The molecule has 0 spiro atoms. The topological polar surface area (TPSA) is 76.4 Å². The zero-order valence-electron chi connectivity index (χ0n) is 19.1. The lowest BCUT2D eigenvalue weighted by Gasteiger charge is -2.14. The predicted octanol–water partition coefficient (Wildman–Crippen LogP) is 6.46. The van der Waals surface area contributed by atoms with Gasteiger partial charge in [0, 0.05) is 17.3 Å². The maximum atomic E-state index is 15.0. The van der Waals surface area contributed by atoms with Gasteiger partial charge in [-0.25, -0.2) is 18.2 Å². The molecule has 0 aliphatic carbocycles. The maximum absolute atomic E-state index is 15.0. The van der Waals surface area contributed by atoms with Crippen LogP contribution in [0.2, 0.25) is 0 Å². The molecule has 1 heterocycles.